The van der Waals surface area contributed by atoms with Crippen LogP contribution in [-0.2, 0) is 91.3 Å². The van der Waals surface area contributed by atoms with Crippen LogP contribution < -0.4 is 23.7 Å². The Morgan fingerprint density at radius 3 is 0.714 bits per heavy atom. The van der Waals surface area contributed by atoms with E-state index in [2.05, 4.69) is 158 Å². The summed E-state index contributed by atoms with van der Waals surface area (Å²) in [5.74, 6) is 14.0. The molecule has 0 spiro atoms. The summed E-state index contributed by atoms with van der Waals surface area (Å²) in [5.41, 5.74) is 14.8. The molecule has 4 aliphatic carbocycles. The first-order chi connectivity index (χ1) is 68.9. The molecule has 15 heteroatoms. The first-order valence-corrected chi connectivity index (χ1v) is 57.4. The highest BCUT2D eigenvalue weighted by molar-refractivity contribution is 7.98. The van der Waals surface area contributed by atoms with Gasteiger partial charge in [0, 0.05) is 114 Å². The van der Waals surface area contributed by atoms with Crippen LogP contribution in [0.25, 0.3) is 87.3 Å². The van der Waals surface area contributed by atoms with Crippen molar-refractivity contribution in [2.45, 2.75) is 140 Å². The fourth-order valence-corrected chi connectivity index (χ4v) is 33.9. The van der Waals surface area contributed by atoms with Gasteiger partial charge < -0.3 is 23.7 Å². The molecule has 140 heavy (non-hydrogen) atoms. The second-order valence-electron chi connectivity index (χ2n) is 37.1. The Bertz CT molecular complexity index is 7420. The van der Waals surface area contributed by atoms with Crippen molar-refractivity contribution in [1.82, 2.24) is 0 Å². The van der Waals surface area contributed by atoms with Gasteiger partial charge in [-0.3, -0.25) is 9.59 Å². The molecule has 5 aliphatic heterocycles. The molecule has 16 aromatic carbocycles. The molecule has 5 saturated heterocycles. The first kappa shape index (κ1) is 93.4. The topological polar surface area (TPSA) is 132 Å². The molecule has 0 unspecified atom stereocenters. The standard InChI is InChI=1S/C29H25O2S.C28H23O2S.C25H23O2S.C24H21O2S.C19H21O2S/c30-29(28-24-14-6-2-10-20(24)21-11-3-7-15-25(21)28)31-26-16-17-27(32-18-8-1-9-19-32)23-13-5-4-12-22(23)26;29-28(27-23-13-5-1-9-19(23)20-10-2-6-14-24(20)27)30-25-15-16-26(31-17-7-8-18-31)22-12-4-3-11-21(22)25;26-25(22-13-12-18-8-2-3-9-19(18)22)27-23-14-15-24(28-16-6-1-7-17-28)21-11-5-4-10-20(21)23;25-24(21-12-11-17-7-1-2-8-18(17)21)26-22-13-14-23(27-15-5-6-16-27)20-10-4-3-9-19(20)22;1-14(2)19(20)21-17-10-11-18(22-12-6-3-7-13-22)16-9-5-4-8-15(16)17/h2-7,10-17,28H,1,8-9,18-19H2;1-6,9-16,27H,7-8,17-18H2;2-5,8-11,13-15H,1,6-7,12,16-17H2;1-4,7-10,12-14H,5-6,11,15-16H2;4-5,8-11H,1,3,6-7,12-13H2,2H3/q5*+1. The van der Waals surface area contributed by atoms with Crippen molar-refractivity contribution >= 4 is 149 Å². The maximum absolute atomic E-state index is 13.5. The van der Waals surface area contributed by atoms with Crippen molar-refractivity contribution < 1.29 is 47.7 Å². The molecular formula is C125H113O10S5+5. The van der Waals surface area contributed by atoms with Gasteiger partial charge in [0.1, 0.15) is 98.1 Å². The van der Waals surface area contributed by atoms with Crippen molar-refractivity contribution in [1.29, 1.82) is 0 Å². The molecule has 9 aliphatic rings. The Morgan fingerprint density at radius 1 is 0.236 bits per heavy atom. The molecule has 16 aromatic rings. The zero-order valence-electron chi connectivity index (χ0n) is 79.0. The van der Waals surface area contributed by atoms with E-state index in [4.69, 9.17) is 23.7 Å². The van der Waals surface area contributed by atoms with Gasteiger partial charge in [-0.2, -0.15) is 0 Å². The quantitative estimate of drug-likeness (QED) is 0.0423. The van der Waals surface area contributed by atoms with Crippen LogP contribution in [-0.4, -0.2) is 87.4 Å². The first-order valence-electron chi connectivity index (χ1n) is 49.6. The monoisotopic (exact) mass is 1930 g/mol. The van der Waals surface area contributed by atoms with Crippen LogP contribution in [0.15, 0.2) is 376 Å². The summed E-state index contributed by atoms with van der Waals surface area (Å²) in [6.45, 7) is 5.32. The summed E-state index contributed by atoms with van der Waals surface area (Å²) in [6.07, 6.45) is 22.8. The number of esters is 5. The number of carbonyl (C=O) groups is 5. The van der Waals surface area contributed by atoms with E-state index in [0.717, 1.165) is 95.4 Å². The Morgan fingerprint density at radius 2 is 0.450 bits per heavy atom. The summed E-state index contributed by atoms with van der Waals surface area (Å²) in [5, 5.41) is 11.3. The van der Waals surface area contributed by atoms with Crippen LogP contribution in [0.4, 0.5) is 0 Å². The van der Waals surface area contributed by atoms with Crippen molar-refractivity contribution in [3.8, 4) is 51.0 Å². The lowest BCUT2D eigenvalue weighted by molar-refractivity contribution is -0.135. The van der Waals surface area contributed by atoms with Crippen molar-refractivity contribution in [3.63, 3.8) is 0 Å². The highest BCUT2D eigenvalue weighted by Crippen LogP contribution is 2.50. The van der Waals surface area contributed by atoms with Gasteiger partial charge in [-0.25, -0.2) is 14.4 Å². The number of fused-ring (bicyclic) bond motifs is 13. The minimum atomic E-state index is -0.388. The van der Waals surface area contributed by atoms with E-state index in [0.29, 0.717) is 99.9 Å². The van der Waals surface area contributed by atoms with Gasteiger partial charge >= 0.3 is 29.8 Å². The molecule has 5 fully saturated rings. The van der Waals surface area contributed by atoms with Crippen molar-refractivity contribution in [3.05, 3.63) is 396 Å². The van der Waals surface area contributed by atoms with Crippen LogP contribution in [0.3, 0.4) is 0 Å². The number of ether oxygens (including phenoxy) is 5. The Hall–Kier alpha value is -12.9. The highest BCUT2D eigenvalue weighted by Gasteiger charge is 2.41. The molecule has 0 bridgehead atoms. The molecule has 5 heterocycles. The lowest BCUT2D eigenvalue weighted by Crippen LogP contribution is -2.19. The zero-order valence-corrected chi connectivity index (χ0v) is 83.1. The molecule has 0 atom stereocenters. The normalized spacial score (nSPS) is 16.1. The van der Waals surface area contributed by atoms with Crippen LogP contribution in [0.5, 0.6) is 28.7 Å². The van der Waals surface area contributed by atoms with Gasteiger partial charge in [0.2, 0.25) is 0 Å². The molecule has 25 rings (SSSR count). The summed E-state index contributed by atoms with van der Waals surface area (Å²) in [7, 11) is 1.58. The van der Waals surface area contributed by atoms with Crippen LogP contribution in [0, 0.1) is 0 Å². The van der Waals surface area contributed by atoms with Crippen molar-refractivity contribution in [2.75, 3.05) is 57.5 Å². The fraction of sp³-hybridized carbons (Fsp3) is 0.224. The van der Waals surface area contributed by atoms with E-state index in [-0.39, 0.29) is 41.7 Å². The third-order valence-corrected chi connectivity index (χ3v) is 41.0. The minimum absolute atomic E-state index is 0.208. The molecule has 0 amide bonds. The molecule has 0 saturated carbocycles. The average molecular weight is 1940 g/mol. The van der Waals surface area contributed by atoms with E-state index >= 15 is 0 Å². The van der Waals surface area contributed by atoms with E-state index < -0.39 is 0 Å². The highest BCUT2D eigenvalue weighted by atomic mass is 32.2. The number of carbonyl (C=O) groups excluding carboxylic acids is 5. The van der Waals surface area contributed by atoms with E-state index in [1.807, 2.05) is 188 Å². The second-order valence-corrected chi connectivity index (χ2v) is 48.3. The van der Waals surface area contributed by atoms with Gasteiger partial charge in [-0.1, -0.05) is 255 Å². The summed E-state index contributed by atoms with van der Waals surface area (Å²) in [6, 6.07) is 111. The number of rotatable bonds is 15. The molecular weight excluding hydrogens is 1820 g/mol. The van der Waals surface area contributed by atoms with Gasteiger partial charge in [0.15, 0.2) is 24.5 Å². The van der Waals surface area contributed by atoms with E-state index in [1.54, 1.807) is 6.92 Å². The smallest absolute Gasteiger partial charge is 0.343 e. The minimum Gasteiger partial charge on any atom is -0.425 e. The Balaban J connectivity index is 0.000000104. The average Bonchev–Trinajstić information content (AvgIpc) is 1.60. The summed E-state index contributed by atoms with van der Waals surface area (Å²) >= 11 is 0. The molecule has 0 radical (unpaired) electrons. The van der Waals surface area contributed by atoms with Gasteiger partial charge in [-0.05, 0) is 261 Å². The zero-order chi connectivity index (χ0) is 94.9. The van der Waals surface area contributed by atoms with Gasteiger partial charge in [-0.15, -0.1) is 0 Å². The van der Waals surface area contributed by atoms with E-state index in [1.165, 1.54) is 204 Å². The third-order valence-electron chi connectivity index (χ3n) is 28.3. The maximum atomic E-state index is 13.5. The molecule has 0 aromatic heterocycles. The van der Waals surface area contributed by atoms with Crippen LogP contribution in [0.1, 0.15) is 147 Å². The van der Waals surface area contributed by atoms with Crippen LogP contribution in [0.2, 0.25) is 0 Å². The Labute approximate surface area is 834 Å². The lowest BCUT2D eigenvalue weighted by atomic mass is 9.97. The number of benzene rings is 16. The van der Waals surface area contributed by atoms with E-state index in [9.17, 15) is 24.0 Å². The number of hydrogen-bond acceptors (Lipinski definition) is 10. The lowest BCUT2D eigenvalue weighted by Gasteiger charge is -2.17. The SMILES string of the molecule is C=C(C)C(=O)Oc1ccc([S+]2CCCCC2)c2ccccc12.O=C(Oc1ccc([S+]2CCCC2)c2ccccc12)C1=CCc2ccccc21.O=C(Oc1ccc([S+]2CCCC2)c2ccccc12)C1c2ccccc2-c2ccccc21.O=C(Oc1ccc([S+]2CCCCC2)c2ccccc12)C1=CCc2ccccc21.O=C(Oc1ccc([S+]2CCCCC2)c2ccccc12)C1c2ccccc2-c2ccccc21. The summed E-state index contributed by atoms with van der Waals surface area (Å²) in [4.78, 5) is 71.8. The molecule has 698 valence electrons. The molecule has 0 N–H and O–H groups in total. The number of allylic oxidation sites excluding steroid dienone is 2. The maximum Gasteiger partial charge on any atom is 0.343 e. The second kappa shape index (κ2) is 43.1. The predicted octanol–water partition coefficient (Wildman–Crippen LogP) is 28.2. The Kier molecular flexibility index (Phi) is 28.8. The van der Waals surface area contributed by atoms with Gasteiger partial charge in [0.05, 0.1) is 11.1 Å². The predicted molar refractivity (Wildman–Crippen MR) is 583 cm³/mol. The molecule has 10 nitrogen and oxygen atoms in total. The van der Waals surface area contributed by atoms with Crippen molar-refractivity contribution in [2.24, 2.45) is 0 Å². The largest absolute Gasteiger partial charge is 0.425 e. The van der Waals surface area contributed by atoms with Gasteiger partial charge in [0.25, 0.3) is 0 Å². The summed E-state index contributed by atoms with van der Waals surface area (Å²) < 4.78 is 29.5. The third kappa shape index (κ3) is 19.7. The van der Waals surface area contributed by atoms with Crippen LogP contribution >= 0.6 is 0 Å². The fourth-order valence-electron chi connectivity index (χ4n) is 21.4. The number of hydrogen-bond donors (Lipinski definition) is 0.